The molecule has 150 valence electrons. The maximum Gasteiger partial charge on any atom is 0.225 e. The standard InChI is InChI=1S/C22H30N4OS/c1-25(18-5-3-4-6-18)13-14-26(2)22(27)17-7-8-20-19(15-17)24-21(28-20)16-9-11-23-12-10-16/h9-12,17-18H,3-8,13-15H2,1-2H3. The third-order valence-electron chi connectivity index (χ3n) is 6.33. The van der Waals surface area contributed by atoms with Gasteiger partial charge in [-0.25, -0.2) is 4.98 Å². The van der Waals surface area contributed by atoms with Gasteiger partial charge in [0.25, 0.3) is 0 Å². The van der Waals surface area contributed by atoms with Crippen molar-refractivity contribution in [3.05, 3.63) is 35.1 Å². The molecule has 2 aromatic rings. The molecule has 1 amide bonds. The van der Waals surface area contributed by atoms with Gasteiger partial charge in [-0.3, -0.25) is 9.78 Å². The number of rotatable bonds is 6. The molecule has 1 unspecified atom stereocenters. The molecule has 0 radical (unpaired) electrons. The van der Waals surface area contributed by atoms with E-state index in [1.54, 1.807) is 23.7 Å². The highest BCUT2D eigenvalue weighted by Gasteiger charge is 2.30. The fraction of sp³-hybridized carbons (Fsp3) is 0.591. The van der Waals surface area contributed by atoms with Crippen molar-refractivity contribution in [2.75, 3.05) is 27.2 Å². The fourth-order valence-electron chi connectivity index (χ4n) is 4.46. The number of pyridine rings is 1. The molecule has 2 aromatic heterocycles. The molecule has 0 aromatic carbocycles. The Labute approximate surface area is 171 Å². The van der Waals surface area contributed by atoms with Crippen molar-refractivity contribution in [3.63, 3.8) is 0 Å². The quantitative estimate of drug-likeness (QED) is 0.745. The van der Waals surface area contributed by atoms with Crippen LogP contribution in [0.5, 0.6) is 0 Å². The first-order chi connectivity index (χ1) is 13.6. The SMILES string of the molecule is CN(CCN(C)C1CCCC1)C(=O)C1CCc2sc(-c3ccncc3)nc2C1. The average molecular weight is 399 g/mol. The van der Waals surface area contributed by atoms with Gasteiger partial charge in [0, 0.05) is 61.4 Å². The van der Waals surface area contributed by atoms with E-state index in [-0.39, 0.29) is 11.8 Å². The largest absolute Gasteiger partial charge is 0.344 e. The van der Waals surface area contributed by atoms with Gasteiger partial charge in [-0.15, -0.1) is 11.3 Å². The van der Waals surface area contributed by atoms with Crippen LogP contribution < -0.4 is 0 Å². The van der Waals surface area contributed by atoms with Gasteiger partial charge in [0.1, 0.15) is 5.01 Å². The number of amides is 1. The topological polar surface area (TPSA) is 49.3 Å². The molecule has 0 aliphatic heterocycles. The van der Waals surface area contributed by atoms with Gasteiger partial charge in [0.2, 0.25) is 5.91 Å². The minimum atomic E-state index is 0.0710. The first-order valence-corrected chi connectivity index (χ1v) is 11.3. The lowest BCUT2D eigenvalue weighted by atomic mass is 9.90. The van der Waals surface area contributed by atoms with Crippen LogP contribution in [0.4, 0.5) is 0 Å². The Kier molecular flexibility index (Phi) is 6.07. The number of nitrogens with zero attached hydrogens (tertiary/aromatic N) is 4. The van der Waals surface area contributed by atoms with E-state index in [9.17, 15) is 4.79 Å². The summed E-state index contributed by atoms with van der Waals surface area (Å²) in [5.41, 5.74) is 2.24. The molecule has 0 bridgehead atoms. The highest BCUT2D eigenvalue weighted by Crippen LogP contribution is 2.34. The maximum atomic E-state index is 13.0. The molecule has 6 heteroatoms. The Morgan fingerprint density at radius 3 is 2.64 bits per heavy atom. The number of hydrogen-bond donors (Lipinski definition) is 0. The molecule has 0 N–H and O–H groups in total. The molecule has 1 saturated carbocycles. The van der Waals surface area contributed by atoms with E-state index >= 15 is 0 Å². The van der Waals surface area contributed by atoms with Crippen molar-refractivity contribution in [1.29, 1.82) is 0 Å². The van der Waals surface area contributed by atoms with Crippen LogP contribution in [0.1, 0.15) is 42.7 Å². The van der Waals surface area contributed by atoms with Crippen molar-refractivity contribution in [3.8, 4) is 10.6 Å². The van der Waals surface area contributed by atoms with Crippen LogP contribution in [0.15, 0.2) is 24.5 Å². The zero-order chi connectivity index (χ0) is 19.5. The Bertz CT molecular complexity index is 800. The molecule has 0 saturated heterocycles. The van der Waals surface area contributed by atoms with Crippen LogP contribution in [-0.2, 0) is 17.6 Å². The number of carbonyl (C=O) groups excluding carboxylic acids is 1. The van der Waals surface area contributed by atoms with Gasteiger partial charge < -0.3 is 9.80 Å². The van der Waals surface area contributed by atoms with Gasteiger partial charge in [-0.2, -0.15) is 0 Å². The predicted octanol–water partition coefficient (Wildman–Crippen LogP) is 3.64. The number of carbonyl (C=O) groups is 1. The van der Waals surface area contributed by atoms with E-state index in [2.05, 4.69) is 16.9 Å². The molecule has 2 aliphatic carbocycles. The van der Waals surface area contributed by atoms with Crippen molar-refractivity contribution in [2.24, 2.45) is 5.92 Å². The zero-order valence-electron chi connectivity index (χ0n) is 16.9. The Morgan fingerprint density at radius 1 is 1.14 bits per heavy atom. The van der Waals surface area contributed by atoms with E-state index in [0.29, 0.717) is 6.04 Å². The number of thiazole rings is 1. The van der Waals surface area contributed by atoms with Crippen LogP contribution in [0.2, 0.25) is 0 Å². The van der Waals surface area contributed by atoms with Crippen molar-refractivity contribution in [2.45, 2.75) is 51.0 Å². The maximum absolute atomic E-state index is 13.0. The van der Waals surface area contributed by atoms with E-state index in [0.717, 1.165) is 48.6 Å². The van der Waals surface area contributed by atoms with Gasteiger partial charge in [-0.1, -0.05) is 12.8 Å². The van der Waals surface area contributed by atoms with E-state index in [1.165, 1.54) is 30.6 Å². The first-order valence-electron chi connectivity index (χ1n) is 10.5. The summed E-state index contributed by atoms with van der Waals surface area (Å²) in [5, 5.41) is 1.05. The number of likely N-dealkylation sites (N-methyl/N-ethyl adjacent to an activating group) is 2. The second kappa shape index (κ2) is 8.70. The van der Waals surface area contributed by atoms with E-state index in [4.69, 9.17) is 4.98 Å². The Morgan fingerprint density at radius 2 is 1.89 bits per heavy atom. The molecule has 1 fully saturated rings. The number of aryl methyl sites for hydroxylation is 1. The lowest BCUT2D eigenvalue weighted by Gasteiger charge is -2.29. The summed E-state index contributed by atoms with van der Waals surface area (Å²) in [7, 11) is 4.17. The number of hydrogen-bond acceptors (Lipinski definition) is 5. The van der Waals surface area contributed by atoms with E-state index in [1.807, 2.05) is 24.1 Å². The highest BCUT2D eigenvalue weighted by atomic mass is 32.1. The molecular weight excluding hydrogens is 368 g/mol. The molecular formula is C22H30N4OS. The Balaban J connectivity index is 1.34. The minimum absolute atomic E-state index is 0.0710. The molecule has 2 aliphatic rings. The minimum Gasteiger partial charge on any atom is -0.344 e. The predicted molar refractivity (Wildman–Crippen MR) is 113 cm³/mol. The molecule has 1 atom stereocenters. The van der Waals surface area contributed by atoms with Crippen LogP contribution in [0, 0.1) is 5.92 Å². The smallest absolute Gasteiger partial charge is 0.225 e. The highest BCUT2D eigenvalue weighted by molar-refractivity contribution is 7.15. The lowest BCUT2D eigenvalue weighted by Crippen LogP contribution is -2.41. The fourth-order valence-corrected chi connectivity index (χ4v) is 5.57. The van der Waals surface area contributed by atoms with Crippen LogP contribution >= 0.6 is 11.3 Å². The first kappa shape index (κ1) is 19.5. The van der Waals surface area contributed by atoms with Gasteiger partial charge in [0.05, 0.1) is 5.69 Å². The van der Waals surface area contributed by atoms with Crippen molar-refractivity contribution >= 4 is 17.2 Å². The summed E-state index contributed by atoms with van der Waals surface area (Å²) in [6, 6.07) is 4.71. The monoisotopic (exact) mass is 398 g/mol. The summed E-state index contributed by atoms with van der Waals surface area (Å²) in [6.45, 7) is 1.78. The van der Waals surface area contributed by atoms with Crippen LogP contribution in [-0.4, -0.2) is 58.9 Å². The second-order valence-electron chi connectivity index (χ2n) is 8.24. The van der Waals surface area contributed by atoms with Crippen molar-refractivity contribution in [1.82, 2.24) is 19.8 Å². The summed E-state index contributed by atoms with van der Waals surface area (Å²) < 4.78 is 0. The van der Waals surface area contributed by atoms with Crippen LogP contribution in [0.25, 0.3) is 10.6 Å². The summed E-state index contributed by atoms with van der Waals surface area (Å²) in [6.07, 6.45) is 11.6. The van der Waals surface area contributed by atoms with Crippen molar-refractivity contribution < 1.29 is 4.79 Å². The van der Waals surface area contributed by atoms with Gasteiger partial charge in [-0.05, 0) is 44.9 Å². The normalized spacial score (nSPS) is 19.8. The molecule has 4 rings (SSSR count). The number of aromatic nitrogens is 2. The van der Waals surface area contributed by atoms with Gasteiger partial charge in [0.15, 0.2) is 0 Å². The molecule has 28 heavy (non-hydrogen) atoms. The summed E-state index contributed by atoms with van der Waals surface area (Å²) in [5.74, 6) is 0.352. The van der Waals surface area contributed by atoms with Crippen LogP contribution in [0.3, 0.4) is 0 Å². The molecule has 0 spiro atoms. The molecule has 2 heterocycles. The summed E-state index contributed by atoms with van der Waals surface area (Å²) >= 11 is 1.77. The summed E-state index contributed by atoms with van der Waals surface area (Å²) in [4.78, 5) is 27.7. The van der Waals surface area contributed by atoms with Gasteiger partial charge >= 0.3 is 0 Å². The third kappa shape index (κ3) is 4.28. The molecule has 5 nitrogen and oxygen atoms in total. The Hall–Kier alpha value is -1.79. The second-order valence-corrected chi connectivity index (χ2v) is 9.33. The van der Waals surface area contributed by atoms with E-state index < -0.39 is 0 Å². The zero-order valence-corrected chi connectivity index (χ0v) is 17.7. The average Bonchev–Trinajstić information content (AvgIpc) is 3.41. The number of fused-ring (bicyclic) bond motifs is 1. The third-order valence-corrected chi connectivity index (χ3v) is 7.53. The lowest BCUT2D eigenvalue weighted by molar-refractivity contribution is -0.134.